The van der Waals surface area contributed by atoms with Crippen molar-refractivity contribution >= 4 is 45.1 Å². The Hall–Kier alpha value is -3.62. The number of esters is 1. The van der Waals surface area contributed by atoms with Gasteiger partial charge in [-0.05, 0) is 67.6 Å². The zero-order valence-corrected chi connectivity index (χ0v) is 22.6. The number of methoxy groups -OCH3 is 1. The fraction of sp³-hybridized carbons (Fsp3) is 0.143. The number of aryl methyl sites for hydroxylation is 1. The van der Waals surface area contributed by atoms with Crippen LogP contribution >= 0.6 is 27.5 Å². The van der Waals surface area contributed by atoms with E-state index in [0.717, 1.165) is 11.4 Å². The quantitative estimate of drug-likeness (QED) is 0.231. The predicted octanol–water partition coefficient (Wildman–Crippen LogP) is 7.33. The fourth-order valence-electron chi connectivity index (χ4n) is 3.96. The highest BCUT2D eigenvalue weighted by Crippen LogP contribution is 2.37. The van der Waals surface area contributed by atoms with E-state index in [1.54, 1.807) is 48.5 Å². The molecule has 6 nitrogen and oxygen atoms in total. The Kier molecular flexibility index (Phi) is 8.00. The lowest BCUT2D eigenvalue weighted by molar-refractivity contribution is -0.114. The van der Waals surface area contributed by atoms with Crippen molar-refractivity contribution in [3.05, 3.63) is 98.9 Å². The zero-order chi connectivity index (χ0) is 26.7. The van der Waals surface area contributed by atoms with Crippen LogP contribution in [0.15, 0.2) is 71.2 Å². The standard InChI is InChI=1S/C28H23BrClFN2O4/c1-16-4-10-26(33(16)21-8-9-25(32-17(2)34)22(14-21)28(35)36-3)23-13-20(30)7-11-27(23)37-15-18-5-6-19(29)12-24(18)31/h4-14H,15H2,1-3H3,(H,32,34). The molecule has 1 aromatic heterocycles. The number of aromatic nitrogens is 1. The number of carbonyl (C=O) groups excluding carboxylic acids is 2. The molecular weight excluding hydrogens is 563 g/mol. The molecule has 190 valence electrons. The number of halogens is 3. The number of rotatable bonds is 7. The number of hydrogen-bond donors (Lipinski definition) is 1. The average molecular weight is 586 g/mol. The number of benzene rings is 3. The van der Waals surface area contributed by atoms with E-state index in [2.05, 4.69) is 21.2 Å². The van der Waals surface area contributed by atoms with Crippen molar-refractivity contribution < 1.29 is 23.5 Å². The molecule has 1 N–H and O–H groups in total. The van der Waals surface area contributed by atoms with Gasteiger partial charge in [-0.3, -0.25) is 4.79 Å². The normalized spacial score (nSPS) is 10.8. The molecular formula is C28H23BrClFN2O4. The summed E-state index contributed by atoms with van der Waals surface area (Å²) in [6.45, 7) is 3.31. The molecule has 0 bridgehead atoms. The minimum absolute atomic E-state index is 0.0192. The number of nitrogens with zero attached hydrogens (tertiary/aromatic N) is 1. The van der Waals surface area contributed by atoms with Gasteiger partial charge in [-0.1, -0.05) is 33.6 Å². The molecule has 3 aromatic carbocycles. The SMILES string of the molecule is COC(=O)c1cc(-n2c(C)ccc2-c2cc(Cl)ccc2OCc2ccc(Br)cc2F)ccc1NC(C)=O. The Morgan fingerprint density at radius 2 is 1.84 bits per heavy atom. The Balaban J connectivity index is 1.78. The van der Waals surface area contributed by atoms with Gasteiger partial charge >= 0.3 is 5.97 Å². The van der Waals surface area contributed by atoms with Gasteiger partial charge in [0.25, 0.3) is 0 Å². The van der Waals surface area contributed by atoms with Crippen molar-refractivity contribution in [1.82, 2.24) is 4.57 Å². The Morgan fingerprint density at radius 1 is 1.05 bits per heavy atom. The molecule has 0 spiro atoms. The van der Waals surface area contributed by atoms with E-state index < -0.39 is 5.97 Å². The fourth-order valence-corrected chi connectivity index (χ4v) is 4.47. The predicted molar refractivity (Wildman–Crippen MR) is 145 cm³/mol. The van der Waals surface area contributed by atoms with E-state index >= 15 is 0 Å². The molecule has 0 aliphatic carbocycles. The van der Waals surface area contributed by atoms with Gasteiger partial charge in [0.15, 0.2) is 0 Å². The molecule has 0 aliphatic rings. The van der Waals surface area contributed by atoms with Gasteiger partial charge in [-0.2, -0.15) is 0 Å². The molecule has 0 aliphatic heterocycles. The molecule has 0 saturated carbocycles. The molecule has 4 aromatic rings. The smallest absolute Gasteiger partial charge is 0.340 e. The molecule has 0 fully saturated rings. The minimum Gasteiger partial charge on any atom is -0.488 e. The number of ether oxygens (including phenoxy) is 2. The van der Waals surface area contributed by atoms with Gasteiger partial charge in [0, 0.05) is 38.9 Å². The highest BCUT2D eigenvalue weighted by molar-refractivity contribution is 9.10. The van der Waals surface area contributed by atoms with Crippen LogP contribution < -0.4 is 10.1 Å². The summed E-state index contributed by atoms with van der Waals surface area (Å²) in [7, 11) is 1.28. The van der Waals surface area contributed by atoms with E-state index in [1.807, 2.05) is 23.6 Å². The lowest BCUT2D eigenvalue weighted by Gasteiger charge is -2.18. The van der Waals surface area contributed by atoms with E-state index in [0.29, 0.717) is 37.7 Å². The highest BCUT2D eigenvalue weighted by atomic mass is 79.9. The summed E-state index contributed by atoms with van der Waals surface area (Å²) < 4.78 is 27.9. The minimum atomic E-state index is -0.583. The first-order chi connectivity index (χ1) is 17.7. The highest BCUT2D eigenvalue weighted by Gasteiger charge is 2.19. The van der Waals surface area contributed by atoms with Gasteiger partial charge in [0.2, 0.25) is 5.91 Å². The van der Waals surface area contributed by atoms with Crippen LogP contribution in [0.3, 0.4) is 0 Å². The second-order valence-corrected chi connectivity index (χ2v) is 9.62. The van der Waals surface area contributed by atoms with Crippen LogP contribution in [0.2, 0.25) is 5.02 Å². The molecule has 0 radical (unpaired) electrons. The Labute approximate surface area is 227 Å². The molecule has 0 saturated heterocycles. The summed E-state index contributed by atoms with van der Waals surface area (Å²) in [5.74, 6) is -0.758. The second kappa shape index (κ2) is 11.2. The largest absolute Gasteiger partial charge is 0.488 e. The van der Waals surface area contributed by atoms with Gasteiger partial charge in [0.1, 0.15) is 18.2 Å². The first kappa shape index (κ1) is 26.4. The van der Waals surface area contributed by atoms with Crippen molar-refractivity contribution in [2.24, 2.45) is 0 Å². The monoisotopic (exact) mass is 584 g/mol. The van der Waals surface area contributed by atoms with E-state index in [1.165, 1.54) is 20.1 Å². The van der Waals surface area contributed by atoms with Crippen molar-refractivity contribution in [2.75, 3.05) is 12.4 Å². The third-order valence-electron chi connectivity index (χ3n) is 5.67. The third-order valence-corrected chi connectivity index (χ3v) is 6.40. The maximum absolute atomic E-state index is 14.4. The summed E-state index contributed by atoms with van der Waals surface area (Å²) >= 11 is 9.62. The first-order valence-corrected chi connectivity index (χ1v) is 12.4. The molecule has 1 amide bonds. The van der Waals surface area contributed by atoms with E-state index in [9.17, 15) is 14.0 Å². The first-order valence-electron chi connectivity index (χ1n) is 11.2. The Bertz CT molecular complexity index is 1500. The number of hydrogen-bond acceptors (Lipinski definition) is 4. The molecule has 0 atom stereocenters. The van der Waals surface area contributed by atoms with Crippen LogP contribution in [0.25, 0.3) is 16.9 Å². The number of carbonyl (C=O) groups is 2. The van der Waals surface area contributed by atoms with Crippen LogP contribution in [0.5, 0.6) is 5.75 Å². The molecule has 9 heteroatoms. The number of amides is 1. The Morgan fingerprint density at radius 3 is 2.54 bits per heavy atom. The van der Waals surface area contributed by atoms with E-state index in [4.69, 9.17) is 21.1 Å². The second-order valence-electron chi connectivity index (χ2n) is 8.26. The lowest BCUT2D eigenvalue weighted by atomic mass is 10.1. The van der Waals surface area contributed by atoms with Crippen LogP contribution in [0.4, 0.5) is 10.1 Å². The van der Waals surface area contributed by atoms with Gasteiger partial charge in [0.05, 0.1) is 24.1 Å². The molecule has 1 heterocycles. The van der Waals surface area contributed by atoms with E-state index in [-0.39, 0.29) is 23.9 Å². The van der Waals surface area contributed by atoms with Crippen LogP contribution in [0, 0.1) is 12.7 Å². The van der Waals surface area contributed by atoms with Crippen molar-refractivity contribution in [3.8, 4) is 22.7 Å². The van der Waals surface area contributed by atoms with Crippen LogP contribution in [-0.2, 0) is 16.1 Å². The summed E-state index contributed by atoms with van der Waals surface area (Å²) in [6, 6.07) is 18.9. The summed E-state index contributed by atoms with van der Waals surface area (Å²) in [5.41, 5.74) is 3.94. The van der Waals surface area contributed by atoms with Crippen molar-refractivity contribution in [3.63, 3.8) is 0 Å². The average Bonchev–Trinajstić information content (AvgIpc) is 3.24. The lowest BCUT2D eigenvalue weighted by Crippen LogP contribution is -2.13. The van der Waals surface area contributed by atoms with Gasteiger partial charge in [-0.15, -0.1) is 0 Å². The third kappa shape index (κ3) is 5.87. The van der Waals surface area contributed by atoms with Crippen molar-refractivity contribution in [2.45, 2.75) is 20.5 Å². The maximum atomic E-state index is 14.4. The molecule has 0 unspecified atom stereocenters. The van der Waals surface area contributed by atoms with Gasteiger partial charge in [-0.25, -0.2) is 9.18 Å². The van der Waals surface area contributed by atoms with Gasteiger partial charge < -0.3 is 19.4 Å². The maximum Gasteiger partial charge on any atom is 0.340 e. The summed E-state index contributed by atoms with van der Waals surface area (Å²) in [5, 5.41) is 3.16. The van der Waals surface area contributed by atoms with Crippen LogP contribution in [-0.4, -0.2) is 23.6 Å². The number of nitrogens with one attached hydrogen (secondary N) is 1. The summed E-state index contributed by atoms with van der Waals surface area (Å²) in [4.78, 5) is 24.1. The zero-order valence-electron chi connectivity index (χ0n) is 20.3. The van der Waals surface area contributed by atoms with Crippen LogP contribution in [0.1, 0.15) is 28.5 Å². The summed E-state index contributed by atoms with van der Waals surface area (Å²) in [6.07, 6.45) is 0. The topological polar surface area (TPSA) is 69.6 Å². The van der Waals surface area contributed by atoms with Crippen molar-refractivity contribution in [1.29, 1.82) is 0 Å². The number of anilines is 1. The molecule has 37 heavy (non-hydrogen) atoms. The molecule has 4 rings (SSSR count).